The average molecular weight is 252 g/mol. The van der Waals surface area contributed by atoms with Crippen LogP contribution in [0.15, 0.2) is 0 Å². The maximum Gasteiger partial charge on any atom is 0.308 e. The summed E-state index contributed by atoms with van der Waals surface area (Å²) < 4.78 is 1.58. The second-order valence-corrected chi connectivity index (χ2v) is 4.54. The molecule has 2 rings (SSSR count). The minimum Gasteiger partial charge on any atom is -0.481 e. The topological polar surface area (TPSA) is 101 Å². The van der Waals surface area contributed by atoms with Crippen LogP contribution in [-0.4, -0.2) is 39.9 Å². The molecule has 1 aliphatic heterocycles. The monoisotopic (exact) mass is 252 g/mol. The van der Waals surface area contributed by atoms with E-state index >= 15 is 0 Å². The van der Waals surface area contributed by atoms with E-state index < -0.39 is 17.8 Å². The molecule has 1 fully saturated rings. The van der Waals surface area contributed by atoms with Gasteiger partial charge in [-0.1, -0.05) is 0 Å². The van der Waals surface area contributed by atoms with Crippen molar-refractivity contribution in [2.24, 2.45) is 18.7 Å². The molecule has 18 heavy (non-hydrogen) atoms. The van der Waals surface area contributed by atoms with Crippen molar-refractivity contribution in [1.29, 1.82) is 0 Å². The third kappa shape index (κ3) is 1.92. The first-order valence-electron chi connectivity index (χ1n) is 5.73. The van der Waals surface area contributed by atoms with E-state index in [0.29, 0.717) is 36.6 Å². The number of aryl methyl sites for hydroxylation is 2. The standard InChI is InChI=1S/C11H16N4O3/c1-6-8(9(12)16)10(14(2)13-6)15-4-3-7(5-15)11(17)18/h7H,3-5H2,1-2H3,(H2,12,16)(H,17,18). The van der Waals surface area contributed by atoms with Crippen LogP contribution in [0.3, 0.4) is 0 Å². The van der Waals surface area contributed by atoms with Gasteiger partial charge in [0.2, 0.25) is 0 Å². The highest BCUT2D eigenvalue weighted by molar-refractivity contribution is 5.99. The zero-order valence-corrected chi connectivity index (χ0v) is 10.4. The molecule has 0 aliphatic carbocycles. The smallest absolute Gasteiger partial charge is 0.308 e. The fourth-order valence-electron chi connectivity index (χ4n) is 2.45. The Morgan fingerprint density at radius 1 is 1.50 bits per heavy atom. The van der Waals surface area contributed by atoms with Crippen LogP contribution in [0.1, 0.15) is 22.5 Å². The Labute approximate surface area is 104 Å². The molecular weight excluding hydrogens is 236 g/mol. The Hall–Kier alpha value is -2.05. The molecule has 3 N–H and O–H groups in total. The number of carboxylic acid groups (broad SMARTS) is 1. The van der Waals surface area contributed by atoms with Gasteiger partial charge in [0.25, 0.3) is 5.91 Å². The minimum atomic E-state index is -0.808. The van der Waals surface area contributed by atoms with Gasteiger partial charge in [-0.15, -0.1) is 0 Å². The molecule has 7 nitrogen and oxygen atoms in total. The first-order chi connectivity index (χ1) is 8.41. The number of aromatic nitrogens is 2. The summed E-state index contributed by atoms with van der Waals surface area (Å²) in [6, 6.07) is 0. The summed E-state index contributed by atoms with van der Waals surface area (Å²) in [6.07, 6.45) is 0.567. The Morgan fingerprint density at radius 2 is 2.17 bits per heavy atom. The summed E-state index contributed by atoms with van der Waals surface area (Å²) in [5, 5.41) is 13.2. The average Bonchev–Trinajstić information content (AvgIpc) is 2.81. The third-order valence-corrected chi connectivity index (χ3v) is 3.28. The van der Waals surface area contributed by atoms with Gasteiger partial charge >= 0.3 is 5.97 Å². The lowest BCUT2D eigenvalue weighted by Gasteiger charge is -2.19. The lowest BCUT2D eigenvalue weighted by molar-refractivity contribution is -0.140. The lowest BCUT2D eigenvalue weighted by atomic mass is 10.1. The number of amides is 1. The number of hydrogen-bond donors (Lipinski definition) is 2. The molecule has 98 valence electrons. The number of carbonyl (C=O) groups is 2. The highest BCUT2D eigenvalue weighted by Crippen LogP contribution is 2.28. The number of primary amides is 1. The molecule has 0 radical (unpaired) electrons. The quantitative estimate of drug-likeness (QED) is 0.771. The third-order valence-electron chi connectivity index (χ3n) is 3.28. The predicted octanol–water partition coefficient (Wildman–Crippen LogP) is -0.262. The minimum absolute atomic E-state index is 0.378. The second kappa shape index (κ2) is 4.32. The van der Waals surface area contributed by atoms with Gasteiger partial charge in [-0.3, -0.25) is 14.3 Å². The van der Waals surface area contributed by atoms with E-state index in [4.69, 9.17) is 10.8 Å². The fourth-order valence-corrected chi connectivity index (χ4v) is 2.45. The largest absolute Gasteiger partial charge is 0.481 e. The summed E-state index contributed by atoms with van der Waals surface area (Å²) in [5.41, 5.74) is 6.30. The first-order valence-corrected chi connectivity index (χ1v) is 5.73. The van der Waals surface area contributed by atoms with E-state index in [1.807, 2.05) is 4.90 Å². The van der Waals surface area contributed by atoms with Crippen molar-refractivity contribution in [2.45, 2.75) is 13.3 Å². The van der Waals surface area contributed by atoms with Crippen LogP contribution in [0, 0.1) is 12.8 Å². The van der Waals surface area contributed by atoms with Crippen molar-refractivity contribution in [3.8, 4) is 0 Å². The Bertz CT molecular complexity index is 509. The summed E-state index contributed by atoms with van der Waals surface area (Å²) in [4.78, 5) is 24.3. The van der Waals surface area contributed by atoms with Crippen LogP contribution in [0.25, 0.3) is 0 Å². The molecule has 0 bridgehead atoms. The number of carboxylic acids is 1. The van der Waals surface area contributed by atoms with E-state index in [9.17, 15) is 9.59 Å². The van der Waals surface area contributed by atoms with Gasteiger partial charge in [0, 0.05) is 20.1 Å². The Morgan fingerprint density at radius 3 is 2.67 bits per heavy atom. The molecule has 7 heteroatoms. The van der Waals surface area contributed by atoms with Crippen LogP contribution in [0.2, 0.25) is 0 Å². The van der Waals surface area contributed by atoms with Gasteiger partial charge < -0.3 is 15.7 Å². The van der Waals surface area contributed by atoms with Crippen molar-refractivity contribution in [1.82, 2.24) is 9.78 Å². The normalized spacial score (nSPS) is 19.2. The van der Waals surface area contributed by atoms with Gasteiger partial charge in [0.05, 0.1) is 11.6 Å². The molecule has 0 saturated carbocycles. The molecule has 1 amide bonds. The molecule has 1 aliphatic rings. The van der Waals surface area contributed by atoms with Crippen molar-refractivity contribution in [3.05, 3.63) is 11.3 Å². The number of rotatable bonds is 3. The van der Waals surface area contributed by atoms with Crippen molar-refractivity contribution in [2.75, 3.05) is 18.0 Å². The van der Waals surface area contributed by atoms with Crippen molar-refractivity contribution in [3.63, 3.8) is 0 Å². The maximum atomic E-state index is 11.5. The number of carbonyl (C=O) groups excluding carboxylic acids is 1. The van der Waals surface area contributed by atoms with E-state index in [2.05, 4.69) is 5.10 Å². The van der Waals surface area contributed by atoms with Crippen LogP contribution in [0.4, 0.5) is 5.82 Å². The molecule has 1 aromatic heterocycles. The summed E-state index contributed by atoms with van der Waals surface area (Å²) in [5.74, 6) is -1.13. The zero-order valence-electron chi connectivity index (χ0n) is 10.4. The second-order valence-electron chi connectivity index (χ2n) is 4.54. The lowest BCUT2D eigenvalue weighted by Crippen LogP contribution is -2.27. The Kier molecular flexibility index (Phi) is 2.98. The SMILES string of the molecule is Cc1nn(C)c(N2CCC(C(=O)O)C2)c1C(N)=O. The molecular formula is C11H16N4O3. The molecule has 0 spiro atoms. The molecule has 1 unspecified atom stereocenters. The van der Waals surface area contributed by atoms with Crippen LogP contribution < -0.4 is 10.6 Å². The predicted molar refractivity (Wildman–Crippen MR) is 64.4 cm³/mol. The van der Waals surface area contributed by atoms with E-state index in [1.165, 1.54) is 0 Å². The number of nitrogens with two attached hydrogens (primary N) is 1. The summed E-state index contributed by atoms with van der Waals surface area (Å²) in [6.45, 7) is 2.69. The molecule has 2 heterocycles. The van der Waals surface area contributed by atoms with E-state index in [1.54, 1.807) is 18.7 Å². The first kappa shape index (κ1) is 12.4. The number of anilines is 1. The summed E-state index contributed by atoms with van der Waals surface area (Å²) >= 11 is 0. The number of nitrogens with zero attached hydrogens (tertiary/aromatic N) is 3. The highest BCUT2D eigenvalue weighted by atomic mass is 16.4. The summed E-state index contributed by atoms with van der Waals surface area (Å²) in [7, 11) is 1.73. The number of aliphatic carboxylic acids is 1. The molecule has 1 aromatic rings. The Balaban J connectivity index is 2.35. The van der Waals surface area contributed by atoms with E-state index in [0.717, 1.165) is 0 Å². The van der Waals surface area contributed by atoms with Crippen molar-refractivity contribution < 1.29 is 14.7 Å². The van der Waals surface area contributed by atoms with Gasteiger partial charge in [-0.2, -0.15) is 5.10 Å². The van der Waals surface area contributed by atoms with Gasteiger partial charge in [0.1, 0.15) is 11.4 Å². The van der Waals surface area contributed by atoms with Crippen LogP contribution >= 0.6 is 0 Å². The van der Waals surface area contributed by atoms with Gasteiger partial charge in [-0.05, 0) is 13.3 Å². The van der Waals surface area contributed by atoms with Crippen LogP contribution in [0.5, 0.6) is 0 Å². The van der Waals surface area contributed by atoms with Gasteiger partial charge in [0.15, 0.2) is 0 Å². The fraction of sp³-hybridized carbons (Fsp3) is 0.545. The zero-order chi connectivity index (χ0) is 13.4. The molecule has 1 saturated heterocycles. The van der Waals surface area contributed by atoms with Crippen molar-refractivity contribution >= 4 is 17.7 Å². The van der Waals surface area contributed by atoms with Crippen LogP contribution in [-0.2, 0) is 11.8 Å². The molecule has 1 atom stereocenters. The van der Waals surface area contributed by atoms with E-state index in [-0.39, 0.29) is 0 Å². The van der Waals surface area contributed by atoms with Gasteiger partial charge in [-0.25, -0.2) is 0 Å². The highest BCUT2D eigenvalue weighted by Gasteiger charge is 2.32. The number of hydrogen-bond acceptors (Lipinski definition) is 4. The maximum absolute atomic E-state index is 11.5. The molecule has 0 aromatic carbocycles.